The Bertz CT molecular complexity index is 454. The maximum Gasteiger partial charge on any atom is 0.321 e. The molecule has 10 heteroatoms. The number of likely N-dealkylation sites (N-methyl/N-ethyl adjacent to an activating group) is 1. The molecule has 0 aromatic heterocycles. The second-order valence-electron chi connectivity index (χ2n) is 6.55. The topological polar surface area (TPSA) is 178 Å². The van der Waals surface area contributed by atoms with Crippen molar-refractivity contribution < 1.29 is 39.6 Å². The van der Waals surface area contributed by atoms with Gasteiger partial charge in [-0.25, -0.2) is 0 Å². The molecule has 0 bridgehead atoms. The molecule has 1 aliphatic carbocycles. The fourth-order valence-electron chi connectivity index (χ4n) is 2.33. The van der Waals surface area contributed by atoms with Crippen molar-refractivity contribution >= 4 is 23.9 Å². The van der Waals surface area contributed by atoms with Crippen molar-refractivity contribution in [1.29, 1.82) is 0 Å². The van der Waals surface area contributed by atoms with E-state index in [1.54, 1.807) is 0 Å². The molecular weight excluding hydrogens is 372 g/mol. The average molecular weight is 406 g/mol. The Balaban J connectivity index is 0. The summed E-state index contributed by atoms with van der Waals surface area (Å²) in [6, 6.07) is 0. The van der Waals surface area contributed by atoms with E-state index < -0.39 is 29.3 Å². The number of nitrogens with two attached hydrogens (primary N) is 1. The van der Waals surface area contributed by atoms with Crippen LogP contribution in [-0.2, 0) is 19.2 Å². The zero-order valence-corrected chi connectivity index (χ0v) is 16.7. The molecule has 0 aromatic carbocycles. The van der Waals surface area contributed by atoms with Gasteiger partial charge in [-0.2, -0.15) is 0 Å². The average Bonchev–Trinajstić information content (AvgIpc) is 3.44. The SMILES string of the molecule is CN.CN1CC1.O=C(O)C1(C(=O)O)CCCCC1.O=C(O)CCCCC(=O)O. The lowest BCUT2D eigenvalue weighted by Crippen LogP contribution is -2.40. The van der Waals surface area contributed by atoms with Gasteiger partial charge in [0.05, 0.1) is 0 Å². The van der Waals surface area contributed by atoms with E-state index in [-0.39, 0.29) is 25.7 Å². The zero-order valence-electron chi connectivity index (χ0n) is 16.7. The van der Waals surface area contributed by atoms with Gasteiger partial charge in [0.15, 0.2) is 5.41 Å². The first kappa shape index (κ1) is 28.0. The highest BCUT2D eigenvalue weighted by atomic mass is 16.4. The van der Waals surface area contributed by atoms with Crippen LogP contribution in [0.25, 0.3) is 0 Å². The molecule has 164 valence electrons. The van der Waals surface area contributed by atoms with Crippen LogP contribution in [0.1, 0.15) is 57.8 Å². The van der Waals surface area contributed by atoms with Crippen molar-refractivity contribution in [2.75, 3.05) is 27.2 Å². The molecule has 0 spiro atoms. The van der Waals surface area contributed by atoms with E-state index in [0.717, 1.165) is 6.42 Å². The van der Waals surface area contributed by atoms with E-state index in [9.17, 15) is 19.2 Å². The molecule has 6 N–H and O–H groups in total. The minimum atomic E-state index is -1.49. The third-order valence-electron chi connectivity index (χ3n) is 4.23. The molecule has 2 rings (SSSR count). The van der Waals surface area contributed by atoms with Crippen LogP contribution in [0.3, 0.4) is 0 Å². The summed E-state index contributed by atoms with van der Waals surface area (Å²) < 4.78 is 0. The molecule has 1 heterocycles. The van der Waals surface area contributed by atoms with Crippen molar-refractivity contribution in [3.05, 3.63) is 0 Å². The third kappa shape index (κ3) is 13.9. The van der Waals surface area contributed by atoms with Crippen molar-refractivity contribution in [2.45, 2.75) is 57.8 Å². The van der Waals surface area contributed by atoms with Crippen LogP contribution < -0.4 is 5.73 Å². The maximum absolute atomic E-state index is 10.7. The molecule has 0 radical (unpaired) electrons. The van der Waals surface area contributed by atoms with Gasteiger partial charge in [0.1, 0.15) is 0 Å². The first-order valence-electron chi connectivity index (χ1n) is 9.28. The summed E-state index contributed by atoms with van der Waals surface area (Å²) in [5.74, 6) is -4.11. The van der Waals surface area contributed by atoms with Gasteiger partial charge in [-0.05, 0) is 39.8 Å². The Morgan fingerprint density at radius 1 is 0.786 bits per heavy atom. The molecule has 0 aromatic rings. The summed E-state index contributed by atoms with van der Waals surface area (Å²) in [5, 5.41) is 33.8. The highest BCUT2D eigenvalue weighted by Gasteiger charge is 2.46. The molecule has 10 nitrogen and oxygen atoms in total. The number of carboxylic acids is 4. The van der Waals surface area contributed by atoms with Crippen LogP contribution in [0.15, 0.2) is 0 Å². The Morgan fingerprint density at radius 2 is 1.11 bits per heavy atom. The van der Waals surface area contributed by atoms with E-state index in [2.05, 4.69) is 17.7 Å². The molecule has 1 saturated heterocycles. The van der Waals surface area contributed by atoms with Crippen LogP contribution in [0, 0.1) is 5.41 Å². The number of hydrogen-bond acceptors (Lipinski definition) is 6. The number of carbonyl (C=O) groups is 4. The minimum Gasteiger partial charge on any atom is -0.481 e. The highest BCUT2D eigenvalue weighted by Crippen LogP contribution is 2.36. The van der Waals surface area contributed by atoms with E-state index >= 15 is 0 Å². The Morgan fingerprint density at radius 3 is 1.29 bits per heavy atom. The van der Waals surface area contributed by atoms with Crippen molar-refractivity contribution in [3.8, 4) is 0 Å². The van der Waals surface area contributed by atoms with Crippen molar-refractivity contribution in [3.63, 3.8) is 0 Å². The van der Waals surface area contributed by atoms with Gasteiger partial charge in [-0.15, -0.1) is 0 Å². The van der Waals surface area contributed by atoms with Crippen LogP contribution in [-0.4, -0.2) is 76.4 Å². The number of hydrogen-bond donors (Lipinski definition) is 5. The fourth-order valence-corrected chi connectivity index (χ4v) is 2.33. The smallest absolute Gasteiger partial charge is 0.321 e. The van der Waals surface area contributed by atoms with Crippen molar-refractivity contribution in [1.82, 2.24) is 4.90 Å². The largest absolute Gasteiger partial charge is 0.481 e. The zero-order chi connectivity index (χ0) is 22.2. The summed E-state index contributed by atoms with van der Waals surface area (Å²) in [7, 11) is 3.61. The monoisotopic (exact) mass is 406 g/mol. The van der Waals surface area contributed by atoms with Crippen LogP contribution in [0.4, 0.5) is 0 Å². The summed E-state index contributed by atoms with van der Waals surface area (Å²) in [6.07, 6.45) is 3.93. The Labute approximate surface area is 165 Å². The number of carboxylic acid groups (broad SMARTS) is 4. The molecule has 1 saturated carbocycles. The molecule has 2 fully saturated rings. The van der Waals surface area contributed by atoms with Gasteiger partial charge in [-0.3, -0.25) is 19.2 Å². The van der Waals surface area contributed by atoms with Crippen molar-refractivity contribution in [2.24, 2.45) is 11.1 Å². The highest BCUT2D eigenvalue weighted by molar-refractivity contribution is 5.98. The fraction of sp³-hybridized carbons (Fsp3) is 0.778. The molecule has 1 aliphatic heterocycles. The standard InChI is InChI=1S/C8H12O4.C6H10O4.C3H7N.CH5N/c9-6(10)8(7(11)12)4-2-1-3-5-8;7-5(8)3-1-2-4-6(9)10;1-4-2-3-4;1-2/h1-5H2,(H,9,10)(H,11,12);1-4H2,(H,7,8)(H,9,10);2-3H2,1H3;2H2,1H3. The van der Waals surface area contributed by atoms with E-state index in [4.69, 9.17) is 20.4 Å². The van der Waals surface area contributed by atoms with Gasteiger partial charge >= 0.3 is 23.9 Å². The van der Waals surface area contributed by atoms with E-state index in [1.807, 2.05) is 0 Å². The lowest BCUT2D eigenvalue weighted by Gasteiger charge is -2.28. The Kier molecular flexibility index (Phi) is 15.8. The summed E-state index contributed by atoms with van der Waals surface area (Å²) in [5.41, 5.74) is 3.01. The molecular formula is C18H34N2O8. The second kappa shape index (κ2) is 15.8. The third-order valence-corrected chi connectivity index (χ3v) is 4.23. The molecule has 28 heavy (non-hydrogen) atoms. The summed E-state index contributed by atoms with van der Waals surface area (Å²) in [4.78, 5) is 43.5. The lowest BCUT2D eigenvalue weighted by atomic mass is 9.74. The Hall–Kier alpha value is -2.20. The van der Waals surface area contributed by atoms with Gasteiger partial charge < -0.3 is 31.1 Å². The predicted molar refractivity (Wildman–Crippen MR) is 102 cm³/mol. The molecule has 0 atom stereocenters. The summed E-state index contributed by atoms with van der Waals surface area (Å²) >= 11 is 0. The minimum absolute atomic E-state index is 0.0628. The molecule has 0 unspecified atom stereocenters. The second-order valence-corrected chi connectivity index (χ2v) is 6.55. The normalized spacial score (nSPS) is 16.5. The number of unbranched alkanes of at least 4 members (excludes halogenated alkanes) is 1. The number of rotatable bonds is 7. The van der Waals surface area contributed by atoms with Gasteiger partial charge in [0, 0.05) is 25.9 Å². The predicted octanol–water partition coefficient (Wildman–Crippen LogP) is 1.33. The van der Waals surface area contributed by atoms with Gasteiger partial charge in [-0.1, -0.05) is 19.3 Å². The van der Waals surface area contributed by atoms with Gasteiger partial charge in [0.2, 0.25) is 0 Å². The number of aliphatic carboxylic acids is 4. The maximum atomic E-state index is 10.7. The van der Waals surface area contributed by atoms with Crippen LogP contribution in [0.2, 0.25) is 0 Å². The molecule has 0 amide bonds. The quantitative estimate of drug-likeness (QED) is 0.235. The lowest BCUT2D eigenvalue weighted by molar-refractivity contribution is -0.167. The van der Waals surface area contributed by atoms with E-state index in [0.29, 0.717) is 25.7 Å². The van der Waals surface area contributed by atoms with Crippen LogP contribution >= 0.6 is 0 Å². The van der Waals surface area contributed by atoms with E-state index in [1.165, 1.54) is 20.1 Å². The first-order valence-corrected chi connectivity index (χ1v) is 9.28. The number of nitrogens with zero attached hydrogens (tertiary/aromatic N) is 1. The first-order chi connectivity index (χ1) is 13.1. The van der Waals surface area contributed by atoms with Crippen LogP contribution in [0.5, 0.6) is 0 Å². The molecule has 2 aliphatic rings. The summed E-state index contributed by atoms with van der Waals surface area (Å²) in [6.45, 7) is 2.64. The van der Waals surface area contributed by atoms with Gasteiger partial charge in [0.25, 0.3) is 0 Å².